The molecule has 1 aromatic heterocycles. The minimum atomic E-state index is 0.971. The maximum atomic E-state index is 4.38. The second kappa shape index (κ2) is 8.97. The molecule has 0 unspecified atom stereocenters. The molecule has 1 rings (SSSR count). The number of nitrogens with one attached hydrogen (secondary N) is 1. The Morgan fingerprint density at radius 2 is 2.00 bits per heavy atom. The highest BCUT2D eigenvalue weighted by Crippen LogP contribution is 2.05. The van der Waals surface area contributed by atoms with Crippen LogP contribution in [0.25, 0.3) is 0 Å². The lowest BCUT2D eigenvalue weighted by Gasteiger charge is -2.17. The summed E-state index contributed by atoms with van der Waals surface area (Å²) in [6.07, 6.45) is 7.83. The topological polar surface area (TPSA) is 33.1 Å². The van der Waals surface area contributed by atoms with Crippen molar-refractivity contribution >= 4 is 5.69 Å². The standard InChI is InChI=1S/C14H28N4/c1-4-7-8-9-15-14-12-16-18(13-14)11-10-17(5-2)6-3/h12-13,15H,4-11H2,1-3H3. The molecule has 4 heteroatoms. The maximum absolute atomic E-state index is 4.38. The second-order valence-corrected chi connectivity index (χ2v) is 4.65. The van der Waals surface area contributed by atoms with Gasteiger partial charge in [0.05, 0.1) is 18.4 Å². The third-order valence-corrected chi connectivity index (χ3v) is 3.28. The van der Waals surface area contributed by atoms with E-state index < -0.39 is 0 Å². The molecular formula is C14H28N4. The molecule has 1 aromatic rings. The summed E-state index contributed by atoms with van der Waals surface area (Å²) in [6, 6.07) is 0. The van der Waals surface area contributed by atoms with Gasteiger partial charge in [0.25, 0.3) is 0 Å². The summed E-state index contributed by atoms with van der Waals surface area (Å²) in [5.74, 6) is 0. The van der Waals surface area contributed by atoms with Gasteiger partial charge in [-0.25, -0.2) is 0 Å². The van der Waals surface area contributed by atoms with Gasteiger partial charge in [0, 0.05) is 19.3 Å². The summed E-state index contributed by atoms with van der Waals surface area (Å²) in [4.78, 5) is 2.41. The number of aromatic nitrogens is 2. The first-order chi connectivity index (χ1) is 8.80. The molecule has 104 valence electrons. The average molecular weight is 252 g/mol. The van der Waals surface area contributed by atoms with E-state index in [1.165, 1.54) is 19.3 Å². The van der Waals surface area contributed by atoms with Crippen LogP contribution in [-0.4, -0.2) is 40.9 Å². The van der Waals surface area contributed by atoms with E-state index >= 15 is 0 Å². The zero-order chi connectivity index (χ0) is 13.2. The van der Waals surface area contributed by atoms with Gasteiger partial charge in [0.1, 0.15) is 0 Å². The molecule has 0 fully saturated rings. The van der Waals surface area contributed by atoms with Crippen molar-refractivity contribution in [3.05, 3.63) is 12.4 Å². The first kappa shape index (κ1) is 15.0. The van der Waals surface area contributed by atoms with Crippen LogP contribution in [0.4, 0.5) is 5.69 Å². The summed E-state index contributed by atoms with van der Waals surface area (Å²) in [5.41, 5.74) is 1.14. The molecule has 0 saturated carbocycles. The molecule has 0 aliphatic heterocycles. The van der Waals surface area contributed by atoms with E-state index in [0.717, 1.165) is 38.4 Å². The largest absolute Gasteiger partial charge is 0.383 e. The minimum Gasteiger partial charge on any atom is -0.383 e. The first-order valence-corrected chi connectivity index (χ1v) is 7.28. The predicted molar refractivity (Wildman–Crippen MR) is 78.0 cm³/mol. The fraction of sp³-hybridized carbons (Fsp3) is 0.786. The zero-order valence-electron chi connectivity index (χ0n) is 12.2. The summed E-state index contributed by atoms with van der Waals surface area (Å²) in [6.45, 7) is 11.9. The Morgan fingerprint density at radius 1 is 1.22 bits per heavy atom. The fourth-order valence-electron chi connectivity index (χ4n) is 1.97. The first-order valence-electron chi connectivity index (χ1n) is 7.28. The van der Waals surface area contributed by atoms with E-state index in [9.17, 15) is 0 Å². The van der Waals surface area contributed by atoms with Gasteiger partial charge in [0.2, 0.25) is 0 Å². The summed E-state index contributed by atoms with van der Waals surface area (Å²) in [7, 11) is 0. The molecule has 1 heterocycles. The van der Waals surface area contributed by atoms with Gasteiger partial charge in [0.15, 0.2) is 0 Å². The van der Waals surface area contributed by atoms with Crippen LogP contribution in [0.1, 0.15) is 40.0 Å². The Kier molecular flexibility index (Phi) is 7.49. The number of hydrogen-bond donors (Lipinski definition) is 1. The van der Waals surface area contributed by atoms with Gasteiger partial charge in [-0.3, -0.25) is 4.68 Å². The van der Waals surface area contributed by atoms with Gasteiger partial charge in [-0.1, -0.05) is 33.6 Å². The number of rotatable bonds is 10. The number of nitrogens with zero attached hydrogens (tertiary/aromatic N) is 3. The van der Waals surface area contributed by atoms with Crippen molar-refractivity contribution in [2.45, 2.75) is 46.6 Å². The van der Waals surface area contributed by atoms with Crippen LogP contribution >= 0.6 is 0 Å². The molecule has 0 amide bonds. The normalized spacial score (nSPS) is 11.1. The highest BCUT2D eigenvalue weighted by atomic mass is 15.3. The molecule has 0 atom stereocenters. The van der Waals surface area contributed by atoms with Crippen LogP contribution in [0.3, 0.4) is 0 Å². The lowest BCUT2D eigenvalue weighted by atomic mass is 10.2. The van der Waals surface area contributed by atoms with Crippen LogP contribution in [0.2, 0.25) is 0 Å². The van der Waals surface area contributed by atoms with Crippen molar-refractivity contribution in [2.24, 2.45) is 0 Å². The third kappa shape index (κ3) is 5.54. The van der Waals surface area contributed by atoms with E-state index in [1.54, 1.807) is 0 Å². The molecule has 0 saturated heterocycles. The monoisotopic (exact) mass is 252 g/mol. The lowest BCUT2D eigenvalue weighted by molar-refractivity contribution is 0.285. The van der Waals surface area contributed by atoms with Crippen LogP contribution in [0, 0.1) is 0 Å². The van der Waals surface area contributed by atoms with E-state index in [4.69, 9.17) is 0 Å². The average Bonchev–Trinajstić information content (AvgIpc) is 2.84. The Hall–Kier alpha value is -1.03. The molecule has 4 nitrogen and oxygen atoms in total. The number of likely N-dealkylation sites (N-methyl/N-ethyl adjacent to an activating group) is 1. The second-order valence-electron chi connectivity index (χ2n) is 4.65. The Balaban J connectivity index is 2.25. The van der Waals surface area contributed by atoms with Crippen LogP contribution in [-0.2, 0) is 6.54 Å². The number of hydrogen-bond acceptors (Lipinski definition) is 3. The Labute approximate surface area is 111 Å². The van der Waals surface area contributed by atoms with E-state index in [2.05, 4.69) is 42.3 Å². The molecule has 0 spiro atoms. The van der Waals surface area contributed by atoms with E-state index in [-0.39, 0.29) is 0 Å². The van der Waals surface area contributed by atoms with Crippen molar-refractivity contribution in [1.82, 2.24) is 14.7 Å². The SMILES string of the molecule is CCCCCNc1cnn(CCN(CC)CC)c1. The molecule has 0 aliphatic rings. The quantitative estimate of drug-likeness (QED) is 0.650. The van der Waals surface area contributed by atoms with Crippen molar-refractivity contribution in [2.75, 3.05) is 31.5 Å². The number of unbranched alkanes of at least 4 members (excludes halogenated alkanes) is 2. The molecule has 0 radical (unpaired) electrons. The van der Waals surface area contributed by atoms with Gasteiger partial charge in [-0.15, -0.1) is 0 Å². The molecule has 0 aliphatic carbocycles. The third-order valence-electron chi connectivity index (χ3n) is 3.28. The lowest BCUT2D eigenvalue weighted by Crippen LogP contribution is -2.27. The highest BCUT2D eigenvalue weighted by Gasteiger charge is 2.01. The van der Waals surface area contributed by atoms with Crippen molar-refractivity contribution in [3.8, 4) is 0 Å². The van der Waals surface area contributed by atoms with E-state index in [1.807, 2.05) is 10.9 Å². The van der Waals surface area contributed by atoms with Gasteiger partial charge in [-0.05, 0) is 19.5 Å². The zero-order valence-corrected chi connectivity index (χ0v) is 12.2. The molecule has 18 heavy (non-hydrogen) atoms. The van der Waals surface area contributed by atoms with Crippen LogP contribution < -0.4 is 5.32 Å². The molecule has 1 N–H and O–H groups in total. The number of anilines is 1. The predicted octanol–water partition coefficient (Wildman–Crippen LogP) is 2.83. The van der Waals surface area contributed by atoms with Crippen molar-refractivity contribution in [3.63, 3.8) is 0 Å². The van der Waals surface area contributed by atoms with Crippen molar-refractivity contribution in [1.29, 1.82) is 0 Å². The molecule has 0 bridgehead atoms. The Bertz CT molecular complexity index is 304. The van der Waals surface area contributed by atoms with Gasteiger partial charge in [-0.2, -0.15) is 5.10 Å². The summed E-state index contributed by atoms with van der Waals surface area (Å²) in [5, 5.41) is 7.80. The highest BCUT2D eigenvalue weighted by molar-refractivity contribution is 5.37. The van der Waals surface area contributed by atoms with E-state index in [0.29, 0.717) is 0 Å². The van der Waals surface area contributed by atoms with Crippen molar-refractivity contribution < 1.29 is 0 Å². The van der Waals surface area contributed by atoms with Gasteiger partial charge >= 0.3 is 0 Å². The van der Waals surface area contributed by atoms with Gasteiger partial charge < -0.3 is 10.2 Å². The Morgan fingerprint density at radius 3 is 2.67 bits per heavy atom. The molecule has 0 aromatic carbocycles. The fourth-order valence-corrected chi connectivity index (χ4v) is 1.97. The maximum Gasteiger partial charge on any atom is 0.0726 e. The summed E-state index contributed by atoms with van der Waals surface area (Å²) < 4.78 is 2.03. The smallest absolute Gasteiger partial charge is 0.0726 e. The molecular weight excluding hydrogens is 224 g/mol. The summed E-state index contributed by atoms with van der Waals surface area (Å²) >= 11 is 0. The van der Waals surface area contributed by atoms with Crippen LogP contribution in [0.15, 0.2) is 12.4 Å². The minimum absolute atomic E-state index is 0.971. The van der Waals surface area contributed by atoms with Crippen LogP contribution in [0.5, 0.6) is 0 Å².